The number of nitrogens with zero attached hydrogens (tertiary/aromatic N) is 5. The molecule has 14 nitrogen and oxygen atoms in total. The minimum Gasteiger partial charge on any atom is -0.369 e. The number of nitrogens with two attached hydrogens (primary N) is 1. The summed E-state index contributed by atoms with van der Waals surface area (Å²) in [6, 6.07) is 8.07. The summed E-state index contributed by atoms with van der Waals surface area (Å²) in [6.07, 6.45) is 1.79. The van der Waals surface area contributed by atoms with Crippen molar-refractivity contribution in [2.75, 3.05) is 36.5 Å². The van der Waals surface area contributed by atoms with Crippen molar-refractivity contribution in [3.8, 4) is 0 Å². The second-order valence-electron chi connectivity index (χ2n) is 11.1. The summed E-state index contributed by atoms with van der Waals surface area (Å²) in [7, 11) is -4.20. The lowest BCUT2D eigenvalue weighted by molar-refractivity contribution is -0.385. The van der Waals surface area contributed by atoms with Gasteiger partial charge in [0.05, 0.1) is 21.7 Å². The molecule has 0 atom stereocenters. The number of hydrogen-bond acceptors (Lipinski definition) is 10. The number of primary amides is 1. The van der Waals surface area contributed by atoms with Crippen molar-refractivity contribution in [1.82, 2.24) is 4.31 Å². The average molecular weight is 604 g/mol. The number of piperidine rings is 1. The van der Waals surface area contributed by atoms with Gasteiger partial charge in [0.15, 0.2) is 0 Å². The molecule has 1 fully saturated rings. The number of anilines is 2. The monoisotopic (exact) mass is 603 g/mol. The highest BCUT2D eigenvalue weighted by molar-refractivity contribution is 7.89. The van der Waals surface area contributed by atoms with Gasteiger partial charge in [0.25, 0.3) is 11.4 Å². The normalized spacial score (nSPS) is 14.9. The number of nitro groups is 2. The first-order valence-electron chi connectivity index (χ1n) is 13.6. The summed E-state index contributed by atoms with van der Waals surface area (Å²) < 4.78 is 28.1. The lowest BCUT2D eigenvalue weighted by Crippen LogP contribution is -2.41. The van der Waals surface area contributed by atoms with E-state index in [4.69, 9.17) is 5.73 Å². The molecule has 1 saturated heterocycles. The van der Waals surface area contributed by atoms with E-state index in [-0.39, 0.29) is 54.0 Å². The van der Waals surface area contributed by atoms with Crippen LogP contribution >= 0.6 is 0 Å². The number of nitro benzene ring substituents is 2. The van der Waals surface area contributed by atoms with Crippen LogP contribution in [0.2, 0.25) is 0 Å². The second-order valence-corrected chi connectivity index (χ2v) is 13.0. The van der Waals surface area contributed by atoms with Crippen LogP contribution in [0, 0.1) is 38.0 Å². The summed E-state index contributed by atoms with van der Waals surface area (Å²) in [5.74, 6) is -0.368. The number of non-ortho nitro benzene ring substituents is 1. The third kappa shape index (κ3) is 8.00. The number of carbonyl (C=O) groups is 1. The van der Waals surface area contributed by atoms with Crippen LogP contribution in [0.4, 0.5) is 22.7 Å². The Kier molecular flexibility index (Phi) is 10.6. The summed E-state index contributed by atoms with van der Waals surface area (Å²) in [4.78, 5) is 35.4. The van der Waals surface area contributed by atoms with Crippen LogP contribution < -0.4 is 16.1 Å². The van der Waals surface area contributed by atoms with E-state index in [1.54, 1.807) is 12.1 Å². The molecule has 2 aromatic carbocycles. The van der Waals surface area contributed by atoms with Crippen molar-refractivity contribution in [3.63, 3.8) is 0 Å². The van der Waals surface area contributed by atoms with Gasteiger partial charge in [0.1, 0.15) is 10.6 Å². The zero-order valence-corrected chi connectivity index (χ0v) is 24.9. The Bertz CT molecular complexity index is 1440. The standard InChI is InChI=1S/C27H37N7O7S/c1-18(2)16-31(17-19(3)4)24-8-5-20(13-25(24)34(38)39)15-29-30-23-7-6-22(33(36)37)14-26(23)42(40,41)32-11-9-21(10-12-32)27(28)35/h5-8,13-15,18-19,21,30H,9-12,16-17H2,1-4H3,(H2,28,35)/b29-15-. The van der Waals surface area contributed by atoms with Crippen LogP contribution in [0.25, 0.3) is 0 Å². The Morgan fingerprint density at radius 3 is 2.21 bits per heavy atom. The van der Waals surface area contributed by atoms with Crippen LogP contribution in [0.1, 0.15) is 46.1 Å². The molecule has 3 rings (SSSR count). The first kappa shape index (κ1) is 32.4. The van der Waals surface area contributed by atoms with Crippen molar-refractivity contribution in [3.05, 3.63) is 62.2 Å². The zero-order chi connectivity index (χ0) is 31.2. The fourth-order valence-corrected chi connectivity index (χ4v) is 6.44. The fourth-order valence-electron chi connectivity index (χ4n) is 4.81. The maximum absolute atomic E-state index is 13.5. The van der Waals surface area contributed by atoms with Crippen LogP contribution in [0.5, 0.6) is 0 Å². The smallest absolute Gasteiger partial charge is 0.293 e. The maximum atomic E-state index is 13.5. The van der Waals surface area contributed by atoms with E-state index in [9.17, 15) is 33.4 Å². The van der Waals surface area contributed by atoms with Gasteiger partial charge < -0.3 is 10.6 Å². The topological polar surface area (TPSA) is 194 Å². The SMILES string of the molecule is CC(C)CN(CC(C)C)c1ccc(/C=N\Nc2ccc([N+](=O)[O-])cc2S(=O)(=O)N2CCC(C(N)=O)CC2)cc1[N+](=O)[O-]. The molecule has 2 aromatic rings. The Balaban J connectivity index is 1.90. The number of carbonyl (C=O) groups excluding carboxylic acids is 1. The van der Waals surface area contributed by atoms with Gasteiger partial charge in [-0.05, 0) is 36.8 Å². The Morgan fingerprint density at radius 2 is 1.69 bits per heavy atom. The number of amides is 1. The molecule has 1 amide bonds. The number of hydrazone groups is 1. The van der Waals surface area contributed by atoms with Crippen LogP contribution in [-0.4, -0.2) is 60.9 Å². The number of sulfonamides is 1. The molecule has 0 bridgehead atoms. The summed E-state index contributed by atoms with van der Waals surface area (Å²) >= 11 is 0. The Morgan fingerprint density at radius 1 is 1.07 bits per heavy atom. The van der Waals surface area contributed by atoms with E-state index < -0.39 is 37.4 Å². The van der Waals surface area contributed by atoms with Gasteiger partial charge in [0, 0.05) is 55.9 Å². The Hall–Kier alpha value is -4.11. The highest BCUT2D eigenvalue weighted by Crippen LogP contribution is 2.32. The van der Waals surface area contributed by atoms with Gasteiger partial charge in [-0.1, -0.05) is 33.8 Å². The number of nitrogens with one attached hydrogen (secondary N) is 1. The Labute approximate surface area is 244 Å². The van der Waals surface area contributed by atoms with Gasteiger partial charge >= 0.3 is 0 Å². The summed E-state index contributed by atoms with van der Waals surface area (Å²) in [5.41, 5.74) is 8.35. The molecule has 228 valence electrons. The fraction of sp³-hybridized carbons (Fsp3) is 0.481. The van der Waals surface area contributed by atoms with Gasteiger partial charge in [-0.2, -0.15) is 9.41 Å². The number of rotatable bonds is 13. The third-order valence-electron chi connectivity index (χ3n) is 6.76. The van der Waals surface area contributed by atoms with Crippen molar-refractivity contribution in [2.24, 2.45) is 28.6 Å². The van der Waals surface area contributed by atoms with Crippen LogP contribution in [0.3, 0.4) is 0 Å². The molecular formula is C27H37N7O7S. The third-order valence-corrected chi connectivity index (χ3v) is 8.70. The van der Waals surface area contributed by atoms with Gasteiger partial charge in [-0.3, -0.25) is 30.4 Å². The second kappa shape index (κ2) is 13.7. The molecule has 15 heteroatoms. The molecule has 0 unspecified atom stereocenters. The van der Waals surface area contributed by atoms with Crippen molar-refractivity contribution in [1.29, 1.82) is 0 Å². The van der Waals surface area contributed by atoms with E-state index in [1.807, 2.05) is 32.6 Å². The quantitative estimate of drug-likeness (QED) is 0.193. The predicted octanol–water partition coefficient (Wildman–Crippen LogP) is 3.95. The minimum atomic E-state index is -4.20. The molecule has 42 heavy (non-hydrogen) atoms. The lowest BCUT2D eigenvalue weighted by Gasteiger charge is -2.30. The van der Waals surface area contributed by atoms with Crippen LogP contribution in [0.15, 0.2) is 46.4 Å². The number of benzene rings is 2. The molecule has 0 saturated carbocycles. The molecule has 0 aliphatic carbocycles. The minimum absolute atomic E-state index is 0.0139. The van der Waals surface area contributed by atoms with Crippen LogP contribution in [-0.2, 0) is 14.8 Å². The predicted molar refractivity (Wildman–Crippen MR) is 160 cm³/mol. The van der Waals surface area contributed by atoms with Gasteiger partial charge in [0.2, 0.25) is 15.9 Å². The van der Waals surface area contributed by atoms with E-state index >= 15 is 0 Å². The highest BCUT2D eigenvalue weighted by atomic mass is 32.2. The molecule has 1 heterocycles. The molecule has 1 aliphatic rings. The first-order valence-corrected chi connectivity index (χ1v) is 15.0. The molecule has 0 spiro atoms. The van der Waals surface area contributed by atoms with E-state index in [1.165, 1.54) is 18.3 Å². The van der Waals surface area contributed by atoms with E-state index in [0.29, 0.717) is 24.3 Å². The zero-order valence-electron chi connectivity index (χ0n) is 24.1. The highest BCUT2D eigenvalue weighted by Gasteiger charge is 2.34. The van der Waals surface area contributed by atoms with Crippen molar-refractivity contribution < 1.29 is 23.1 Å². The van der Waals surface area contributed by atoms with E-state index in [0.717, 1.165) is 16.4 Å². The molecule has 0 radical (unpaired) electrons. The van der Waals surface area contributed by atoms with E-state index in [2.05, 4.69) is 10.5 Å². The largest absolute Gasteiger partial charge is 0.369 e. The molecule has 3 N–H and O–H groups in total. The first-order chi connectivity index (χ1) is 19.7. The lowest BCUT2D eigenvalue weighted by atomic mass is 9.98. The molecular weight excluding hydrogens is 566 g/mol. The number of hydrogen-bond donors (Lipinski definition) is 2. The van der Waals surface area contributed by atoms with Gasteiger partial charge in [-0.25, -0.2) is 8.42 Å². The molecule has 0 aromatic heterocycles. The summed E-state index contributed by atoms with van der Waals surface area (Å²) in [6.45, 7) is 9.52. The molecule has 1 aliphatic heterocycles. The maximum Gasteiger partial charge on any atom is 0.293 e. The average Bonchev–Trinajstić information content (AvgIpc) is 2.92. The van der Waals surface area contributed by atoms with Crippen molar-refractivity contribution in [2.45, 2.75) is 45.4 Å². The summed E-state index contributed by atoms with van der Waals surface area (Å²) in [5, 5.41) is 27.5. The van der Waals surface area contributed by atoms with Crippen molar-refractivity contribution >= 4 is 44.9 Å². The van der Waals surface area contributed by atoms with Gasteiger partial charge in [-0.15, -0.1) is 0 Å².